The van der Waals surface area contributed by atoms with Gasteiger partial charge in [0.05, 0.1) is 35.3 Å². The Balaban J connectivity index is 0.000000281. The van der Waals surface area contributed by atoms with Gasteiger partial charge in [0, 0.05) is 17.8 Å². The number of hydrogen-bond donors (Lipinski definition) is 3. The predicted octanol–water partition coefficient (Wildman–Crippen LogP) is 4.09. The van der Waals surface area contributed by atoms with E-state index in [1.54, 1.807) is 30.3 Å². The molecule has 0 aromatic heterocycles. The molecule has 0 aliphatic carbocycles. The largest absolute Gasteiger partial charge is 0.465 e. The molecule has 0 radical (unpaired) electrons. The second-order valence-corrected chi connectivity index (χ2v) is 7.02. The zero-order valence-electron chi connectivity index (χ0n) is 19.5. The standard InChI is InChI=1S/C14H12FN3O4.C8H6F2N2O4/c1-22-14(19)9-7-10(18(20)21)12(16)11(15)13(9)17-8-5-3-2-4-6-8;1-16-8(13)3-2-4(12(14)15)7(11)6(10)5(3)9/h2-7,17H,16H2,1H3;2H,11H2,1H3. The number of benzene rings is 3. The van der Waals surface area contributed by atoms with Gasteiger partial charge in [0.25, 0.3) is 11.4 Å². The van der Waals surface area contributed by atoms with Crippen molar-refractivity contribution in [1.82, 2.24) is 0 Å². The first-order valence-corrected chi connectivity index (χ1v) is 10.0. The van der Waals surface area contributed by atoms with Crippen molar-refractivity contribution >= 4 is 46.1 Å². The third kappa shape index (κ3) is 6.04. The monoisotopic (exact) mass is 537 g/mol. The Morgan fingerprint density at radius 2 is 1.24 bits per heavy atom. The molecular weight excluding hydrogens is 519 g/mol. The number of nitro benzene ring substituents is 2. The van der Waals surface area contributed by atoms with Gasteiger partial charge in [-0.1, -0.05) is 18.2 Å². The lowest BCUT2D eigenvalue weighted by atomic mass is 10.1. The molecule has 5 N–H and O–H groups in total. The number of esters is 2. The predicted molar refractivity (Wildman–Crippen MR) is 127 cm³/mol. The van der Waals surface area contributed by atoms with Crippen LogP contribution >= 0.6 is 0 Å². The van der Waals surface area contributed by atoms with Crippen LogP contribution in [0.25, 0.3) is 0 Å². The number of nitrogens with two attached hydrogens (primary N) is 2. The quantitative estimate of drug-likeness (QED) is 0.177. The van der Waals surface area contributed by atoms with E-state index >= 15 is 0 Å². The van der Waals surface area contributed by atoms with Crippen LogP contribution in [0.5, 0.6) is 0 Å². The van der Waals surface area contributed by atoms with E-state index in [2.05, 4.69) is 14.8 Å². The summed E-state index contributed by atoms with van der Waals surface area (Å²) < 4.78 is 49.3. The molecule has 38 heavy (non-hydrogen) atoms. The molecule has 16 heteroatoms. The maximum absolute atomic E-state index is 14.4. The van der Waals surface area contributed by atoms with Crippen molar-refractivity contribution in [3.63, 3.8) is 0 Å². The third-order valence-corrected chi connectivity index (χ3v) is 4.75. The lowest BCUT2D eigenvalue weighted by Crippen LogP contribution is -2.11. The molecule has 0 heterocycles. The number of carbonyl (C=O) groups excluding carboxylic acids is 2. The summed E-state index contributed by atoms with van der Waals surface area (Å²) >= 11 is 0. The number of para-hydroxylation sites is 1. The fraction of sp³-hybridized carbons (Fsp3) is 0.0909. The Labute approximate surface area is 211 Å². The second-order valence-electron chi connectivity index (χ2n) is 7.02. The van der Waals surface area contributed by atoms with Gasteiger partial charge in [-0.3, -0.25) is 20.2 Å². The summed E-state index contributed by atoms with van der Waals surface area (Å²) in [4.78, 5) is 42.2. The maximum atomic E-state index is 14.4. The number of ether oxygens (including phenoxy) is 2. The summed E-state index contributed by atoms with van der Waals surface area (Å²) in [6.07, 6.45) is 0. The van der Waals surface area contributed by atoms with Gasteiger partial charge in [0.2, 0.25) is 0 Å². The van der Waals surface area contributed by atoms with Gasteiger partial charge in [-0.05, 0) is 12.1 Å². The smallest absolute Gasteiger partial charge is 0.341 e. The van der Waals surface area contributed by atoms with E-state index in [9.17, 15) is 43.0 Å². The number of carbonyl (C=O) groups is 2. The van der Waals surface area contributed by atoms with Gasteiger partial charge in [0.1, 0.15) is 16.9 Å². The van der Waals surface area contributed by atoms with Gasteiger partial charge in [0.15, 0.2) is 17.5 Å². The zero-order valence-corrected chi connectivity index (χ0v) is 19.5. The molecule has 0 amide bonds. The molecule has 13 nitrogen and oxygen atoms in total. The Kier molecular flexibility index (Phi) is 9.12. The van der Waals surface area contributed by atoms with E-state index < -0.39 is 67.5 Å². The Morgan fingerprint density at radius 3 is 1.71 bits per heavy atom. The fourth-order valence-electron chi connectivity index (χ4n) is 2.90. The fourth-order valence-corrected chi connectivity index (χ4v) is 2.90. The van der Waals surface area contributed by atoms with E-state index in [0.29, 0.717) is 11.8 Å². The summed E-state index contributed by atoms with van der Waals surface area (Å²) in [6, 6.07) is 9.85. The van der Waals surface area contributed by atoms with Crippen LogP contribution in [-0.4, -0.2) is 36.0 Å². The molecule has 0 saturated carbocycles. The van der Waals surface area contributed by atoms with Crippen LogP contribution in [0.2, 0.25) is 0 Å². The number of hydrogen-bond acceptors (Lipinski definition) is 11. The molecule has 3 aromatic carbocycles. The topological polar surface area (TPSA) is 203 Å². The van der Waals surface area contributed by atoms with E-state index in [1.165, 1.54) is 0 Å². The minimum absolute atomic E-state index is 0.277. The van der Waals surface area contributed by atoms with Gasteiger partial charge in [-0.25, -0.2) is 22.8 Å². The number of nitrogen functional groups attached to an aromatic ring is 2. The van der Waals surface area contributed by atoms with E-state index in [4.69, 9.17) is 11.5 Å². The van der Waals surface area contributed by atoms with Crippen molar-refractivity contribution < 1.29 is 42.1 Å². The SMILES string of the molecule is COC(=O)c1cc([N+](=O)[O-])c(N)c(F)c1F.COC(=O)c1cc([N+](=O)[O-])c(N)c(F)c1Nc1ccccc1. The van der Waals surface area contributed by atoms with E-state index in [-0.39, 0.29) is 11.3 Å². The number of methoxy groups -OCH3 is 2. The van der Waals surface area contributed by atoms with E-state index in [0.717, 1.165) is 20.3 Å². The van der Waals surface area contributed by atoms with Crippen LogP contribution < -0.4 is 16.8 Å². The highest BCUT2D eigenvalue weighted by molar-refractivity contribution is 5.99. The number of nitrogens with zero attached hydrogens (tertiary/aromatic N) is 2. The van der Waals surface area contributed by atoms with Crippen molar-refractivity contribution in [2.45, 2.75) is 0 Å². The van der Waals surface area contributed by atoms with Gasteiger partial charge in [-0.15, -0.1) is 0 Å². The molecule has 0 fully saturated rings. The first-order chi connectivity index (χ1) is 17.8. The van der Waals surface area contributed by atoms with Crippen LogP contribution in [0.3, 0.4) is 0 Å². The number of nitro groups is 2. The summed E-state index contributed by atoms with van der Waals surface area (Å²) in [5, 5.41) is 24.0. The Morgan fingerprint density at radius 1 is 0.789 bits per heavy atom. The number of nitrogens with one attached hydrogen (secondary N) is 1. The van der Waals surface area contributed by atoms with Crippen molar-refractivity contribution in [1.29, 1.82) is 0 Å². The molecule has 200 valence electrons. The Bertz CT molecular complexity index is 1420. The van der Waals surface area contributed by atoms with Gasteiger partial charge in [-0.2, -0.15) is 0 Å². The van der Waals surface area contributed by atoms with Crippen LogP contribution in [0, 0.1) is 37.7 Å². The van der Waals surface area contributed by atoms with Gasteiger partial charge >= 0.3 is 11.9 Å². The van der Waals surface area contributed by atoms with Crippen LogP contribution in [0.1, 0.15) is 20.7 Å². The highest BCUT2D eigenvalue weighted by Crippen LogP contribution is 2.35. The maximum Gasteiger partial charge on any atom is 0.341 e. The normalized spacial score (nSPS) is 10.0. The minimum atomic E-state index is -1.64. The lowest BCUT2D eigenvalue weighted by molar-refractivity contribution is -0.384. The third-order valence-electron chi connectivity index (χ3n) is 4.75. The average Bonchev–Trinajstić information content (AvgIpc) is 2.90. The molecule has 0 atom stereocenters. The second kappa shape index (κ2) is 12.0. The van der Waals surface area contributed by atoms with Crippen molar-refractivity contribution in [2.24, 2.45) is 0 Å². The lowest BCUT2D eigenvalue weighted by Gasteiger charge is -2.13. The molecule has 0 aliphatic heterocycles. The molecule has 3 aromatic rings. The minimum Gasteiger partial charge on any atom is -0.465 e. The molecule has 0 spiro atoms. The number of rotatable bonds is 6. The summed E-state index contributed by atoms with van der Waals surface area (Å²) in [7, 11) is 2.02. The first kappa shape index (κ1) is 28.8. The van der Waals surface area contributed by atoms with Crippen LogP contribution in [-0.2, 0) is 9.47 Å². The highest BCUT2D eigenvalue weighted by Gasteiger charge is 2.28. The van der Waals surface area contributed by atoms with Crippen molar-refractivity contribution in [3.8, 4) is 0 Å². The number of halogens is 3. The molecule has 0 bridgehead atoms. The van der Waals surface area contributed by atoms with Crippen molar-refractivity contribution in [2.75, 3.05) is 31.0 Å². The van der Waals surface area contributed by atoms with Crippen LogP contribution in [0.15, 0.2) is 42.5 Å². The van der Waals surface area contributed by atoms with Gasteiger partial charge < -0.3 is 26.3 Å². The molecule has 0 unspecified atom stereocenters. The summed E-state index contributed by atoms with van der Waals surface area (Å²) in [5.74, 6) is -6.44. The van der Waals surface area contributed by atoms with E-state index in [1.807, 2.05) is 0 Å². The molecular formula is C22H18F3N5O8. The average molecular weight is 537 g/mol. The zero-order chi connectivity index (χ0) is 28.7. The molecule has 0 aliphatic rings. The first-order valence-electron chi connectivity index (χ1n) is 10.0. The molecule has 0 saturated heterocycles. The number of anilines is 4. The highest BCUT2D eigenvalue weighted by atomic mass is 19.2. The Hall–Kier alpha value is -5.41. The van der Waals surface area contributed by atoms with Crippen LogP contribution in [0.4, 0.5) is 47.3 Å². The summed E-state index contributed by atoms with van der Waals surface area (Å²) in [5.41, 5.74) is 6.24. The summed E-state index contributed by atoms with van der Waals surface area (Å²) in [6.45, 7) is 0. The molecule has 3 rings (SSSR count). The van der Waals surface area contributed by atoms with Crippen molar-refractivity contribution in [3.05, 3.63) is 91.3 Å².